The fourth-order valence-corrected chi connectivity index (χ4v) is 3.12. The molecule has 4 atom stereocenters. The number of benzene rings is 1. The minimum absolute atomic E-state index is 0.182. The van der Waals surface area contributed by atoms with Crippen molar-refractivity contribution >= 4 is 0 Å². The van der Waals surface area contributed by atoms with Crippen molar-refractivity contribution in [2.45, 2.75) is 50.2 Å². The van der Waals surface area contributed by atoms with Gasteiger partial charge in [-0.3, -0.25) is 0 Å². The molecule has 2 heterocycles. The lowest BCUT2D eigenvalue weighted by molar-refractivity contribution is 0.0249. The van der Waals surface area contributed by atoms with Gasteiger partial charge in [-0.1, -0.05) is 18.2 Å². The number of fused-ring (bicyclic) bond motifs is 2. The van der Waals surface area contributed by atoms with Crippen LogP contribution >= 0.6 is 0 Å². The van der Waals surface area contributed by atoms with Crippen molar-refractivity contribution < 1.29 is 19.0 Å². The van der Waals surface area contributed by atoms with Crippen LogP contribution in [0.1, 0.15) is 24.8 Å². The first-order valence-corrected chi connectivity index (χ1v) is 7.60. The molecule has 2 aliphatic rings. The maximum absolute atomic E-state index is 13.4. The molecule has 3 rings (SSSR count). The van der Waals surface area contributed by atoms with Crippen LogP contribution in [0.2, 0.25) is 0 Å². The summed E-state index contributed by atoms with van der Waals surface area (Å²) < 4.78 is 24.5. The number of aliphatic hydroxyl groups excluding tert-OH is 1. The molecule has 4 unspecified atom stereocenters. The zero-order chi connectivity index (χ0) is 14.7. The monoisotopic (exact) mass is 295 g/mol. The van der Waals surface area contributed by atoms with Crippen molar-refractivity contribution in [3.8, 4) is 0 Å². The number of aliphatic hydroxyl groups is 1. The van der Waals surface area contributed by atoms with Crippen LogP contribution < -0.4 is 5.32 Å². The summed E-state index contributed by atoms with van der Waals surface area (Å²) in [6, 6.07) is 6.87. The van der Waals surface area contributed by atoms with E-state index in [2.05, 4.69) is 5.32 Å². The molecule has 0 aliphatic carbocycles. The number of hydrogen-bond donors (Lipinski definition) is 2. The fraction of sp³-hybridized carbons (Fsp3) is 0.625. The van der Waals surface area contributed by atoms with Crippen molar-refractivity contribution in [2.75, 3.05) is 13.2 Å². The lowest BCUT2D eigenvalue weighted by Crippen LogP contribution is -2.42. The molecule has 5 heteroatoms. The molecular formula is C16H22FNO3. The summed E-state index contributed by atoms with van der Waals surface area (Å²) in [5, 5.41) is 13.2. The predicted octanol–water partition coefficient (Wildman–Crippen LogP) is 1.61. The standard InChI is InChI=1S/C16H22FNO3/c17-14-4-2-1-3-11(14)9-20-10-12(19)8-18-15-7-13-5-6-16(15)21-13/h1-4,12-13,15-16,18-19H,5-10H2. The Hall–Kier alpha value is -1.01. The van der Waals surface area contributed by atoms with E-state index in [9.17, 15) is 9.50 Å². The molecule has 116 valence electrons. The van der Waals surface area contributed by atoms with E-state index in [1.165, 1.54) is 6.07 Å². The largest absolute Gasteiger partial charge is 0.389 e. The minimum atomic E-state index is -0.587. The van der Waals surface area contributed by atoms with Crippen molar-refractivity contribution in [1.82, 2.24) is 5.32 Å². The molecule has 2 fully saturated rings. The summed E-state index contributed by atoms with van der Waals surface area (Å²) >= 11 is 0. The molecular weight excluding hydrogens is 273 g/mol. The maximum Gasteiger partial charge on any atom is 0.128 e. The molecule has 2 saturated heterocycles. The van der Waals surface area contributed by atoms with Crippen LogP contribution in [0.15, 0.2) is 24.3 Å². The average molecular weight is 295 g/mol. The highest BCUT2D eigenvalue weighted by atomic mass is 19.1. The lowest BCUT2D eigenvalue weighted by atomic mass is 9.95. The molecule has 2 bridgehead atoms. The SMILES string of the molecule is OC(CNC1CC2CCC1O2)COCc1ccccc1F. The van der Waals surface area contributed by atoms with E-state index < -0.39 is 6.10 Å². The Labute approximate surface area is 124 Å². The Kier molecular flexibility index (Phi) is 4.85. The molecule has 21 heavy (non-hydrogen) atoms. The van der Waals surface area contributed by atoms with Crippen LogP contribution in [0.3, 0.4) is 0 Å². The number of nitrogens with one attached hydrogen (secondary N) is 1. The van der Waals surface area contributed by atoms with Gasteiger partial charge < -0.3 is 19.9 Å². The van der Waals surface area contributed by atoms with Gasteiger partial charge in [0.1, 0.15) is 5.82 Å². The average Bonchev–Trinajstić information content (AvgIpc) is 3.10. The molecule has 0 saturated carbocycles. The molecule has 0 amide bonds. The quantitative estimate of drug-likeness (QED) is 0.802. The van der Waals surface area contributed by atoms with E-state index in [0.29, 0.717) is 30.4 Å². The van der Waals surface area contributed by atoms with Gasteiger partial charge in [0.25, 0.3) is 0 Å². The Morgan fingerprint density at radius 1 is 1.38 bits per heavy atom. The van der Waals surface area contributed by atoms with Crippen molar-refractivity contribution in [2.24, 2.45) is 0 Å². The van der Waals surface area contributed by atoms with Crippen LogP contribution in [-0.4, -0.2) is 42.6 Å². The molecule has 2 N–H and O–H groups in total. The first-order chi connectivity index (χ1) is 10.2. The summed E-state index contributed by atoms with van der Waals surface area (Å²) in [6.07, 6.45) is 3.44. The van der Waals surface area contributed by atoms with Crippen LogP contribution in [0.25, 0.3) is 0 Å². The van der Waals surface area contributed by atoms with Crippen LogP contribution in [0.5, 0.6) is 0 Å². The molecule has 1 aromatic carbocycles. The Bertz CT molecular complexity index is 471. The normalized spacial score (nSPS) is 29.0. The van der Waals surface area contributed by atoms with Gasteiger partial charge in [0, 0.05) is 18.2 Å². The highest BCUT2D eigenvalue weighted by Crippen LogP contribution is 2.34. The second kappa shape index (κ2) is 6.83. The van der Waals surface area contributed by atoms with Gasteiger partial charge in [0.05, 0.1) is 31.5 Å². The number of halogens is 1. The van der Waals surface area contributed by atoms with E-state index >= 15 is 0 Å². The van der Waals surface area contributed by atoms with E-state index in [1.54, 1.807) is 18.2 Å². The van der Waals surface area contributed by atoms with E-state index in [-0.39, 0.29) is 19.0 Å². The smallest absolute Gasteiger partial charge is 0.128 e. The zero-order valence-corrected chi connectivity index (χ0v) is 12.0. The van der Waals surface area contributed by atoms with Gasteiger partial charge in [0.15, 0.2) is 0 Å². The third-order valence-corrected chi connectivity index (χ3v) is 4.25. The summed E-state index contributed by atoms with van der Waals surface area (Å²) in [4.78, 5) is 0. The van der Waals surface area contributed by atoms with Crippen LogP contribution in [0, 0.1) is 5.82 Å². The minimum Gasteiger partial charge on any atom is -0.389 e. The van der Waals surface area contributed by atoms with E-state index in [4.69, 9.17) is 9.47 Å². The van der Waals surface area contributed by atoms with Crippen molar-refractivity contribution in [3.05, 3.63) is 35.6 Å². The third kappa shape index (κ3) is 3.80. The number of hydrogen-bond acceptors (Lipinski definition) is 4. The predicted molar refractivity (Wildman–Crippen MR) is 76.4 cm³/mol. The van der Waals surface area contributed by atoms with Crippen LogP contribution in [-0.2, 0) is 16.1 Å². The summed E-state index contributed by atoms with van der Waals surface area (Å²) in [5.41, 5.74) is 0.513. The van der Waals surface area contributed by atoms with Crippen molar-refractivity contribution in [3.63, 3.8) is 0 Å². The van der Waals surface area contributed by atoms with E-state index in [0.717, 1.165) is 19.3 Å². The van der Waals surface area contributed by atoms with Gasteiger partial charge in [-0.25, -0.2) is 4.39 Å². The highest BCUT2D eigenvalue weighted by molar-refractivity contribution is 5.16. The molecule has 0 spiro atoms. The summed E-state index contributed by atoms with van der Waals surface area (Å²) in [5.74, 6) is -0.274. The fourth-order valence-electron chi connectivity index (χ4n) is 3.12. The molecule has 1 aromatic rings. The van der Waals surface area contributed by atoms with Gasteiger partial charge in [0.2, 0.25) is 0 Å². The summed E-state index contributed by atoms with van der Waals surface area (Å²) in [6.45, 7) is 0.860. The van der Waals surface area contributed by atoms with Crippen molar-refractivity contribution in [1.29, 1.82) is 0 Å². The van der Waals surface area contributed by atoms with Crippen LogP contribution in [0.4, 0.5) is 4.39 Å². The second-order valence-corrected chi connectivity index (χ2v) is 5.88. The second-order valence-electron chi connectivity index (χ2n) is 5.88. The molecule has 0 radical (unpaired) electrons. The molecule has 4 nitrogen and oxygen atoms in total. The number of rotatable bonds is 7. The van der Waals surface area contributed by atoms with Gasteiger partial charge in [-0.2, -0.15) is 0 Å². The summed E-state index contributed by atoms with van der Waals surface area (Å²) in [7, 11) is 0. The zero-order valence-electron chi connectivity index (χ0n) is 12.0. The first kappa shape index (κ1) is 14.9. The van der Waals surface area contributed by atoms with Gasteiger partial charge >= 0.3 is 0 Å². The Balaban J connectivity index is 1.33. The Morgan fingerprint density at radius 2 is 2.24 bits per heavy atom. The highest BCUT2D eigenvalue weighted by Gasteiger charge is 2.40. The van der Waals surface area contributed by atoms with Gasteiger partial charge in [-0.15, -0.1) is 0 Å². The van der Waals surface area contributed by atoms with E-state index in [1.807, 2.05) is 0 Å². The number of ether oxygens (including phenoxy) is 2. The lowest BCUT2D eigenvalue weighted by Gasteiger charge is -2.22. The van der Waals surface area contributed by atoms with Gasteiger partial charge in [-0.05, 0) is 25.3 Å². The third-order valence-electron chi connectivity index (χ3n) is 4.25. The Morgan fingerprint density at radius 3 is 2.95 bits per heavy atom. The molecule has 0 aromatic heterocycles. The molecule has 2 aliphatic heterocycles. The maximum atomic E-state index is 13.4. The topological polar surface area (TPSA) is 50.7 Å². The first-order valence-electron chi connectivity index (χ1n) is 7.60.